The molecule has 0 aromatic rings. The van der Waals surface area contributed by atoms with E-state index in [2.05, 4.69) is 12.2 Å². The standard InChI is InChI=1S/C17H35NO4S/c1-3-5-6-7-8-9-10-11-12-13-14-16(15-23(20,21)22)18-17(19)4-2/h16H,3-15H2,1-2H3,(H,18,19)(H,20,21,22). The molecule has 0 bridgehead atoms. The Bertz CT molecular complexity index is 395. The fourth-order valence-corrected chi connectivity index (χ4v) is 3.42. The fourth-order valence-electron chi connectivity index (χ4n) is 2.66. The Morgan fingerprint density at radius 2 is 1.39 bits per heavy atom. The predicted molar refractivity (Wildman–Crippen MR) is 95.1 cm³/mol. The first-order valence-electron chi connectivity index (χ1n) is 9.13. The Morgan fingerprint density at radius 1 is 0.913 bits per heavy atom. The number of rotatable bonds is 15. The maximum absolute atomic E-state index is 11.4. The lowest BCUT2D eigenvalue weighted by molar-refractivity contribution is -0.121. The van der Waals surface area contributed by atoms with Gasteiger partial charge in [-0.15, -0.1) is 0 Å². The average Bonchev–Trinajstić information content (AvgIpc) is 2.47. The number of carbonyl (C=O) groups is 1. The van der Waals surface area contributed by atoms with Gasteiger partial charge in [0.1, 0.15) is 0 Å². The van der Waals surface area contributed by atoms with Gasteiger partial charge in [0.15, 0.2) is 0 Å². The number of carbonyl (C=O) groups excluding carboxylic acids is 1. The second-order valence-electron chi connectivity index (χ2n) is 6.34. The SMILES string of the molecule is CCCCCCCCCCCCC(CS(=O)(=O)O)NC(=O)CC. The zero-order valence-corrected chi connectivity index (χ0v) is 15.7. The van der Waals surface area contributed by atoms with Crippen molar-refractivity contribution in [3.63, 3.8) is 0 Å². The molecule has 5 nitrogen and oxygen atoms in total. The predicted octanol–water partition coefficient (Wildman–Crippen LogP) is 4.08. The van der Waals surface area contributed by atoms with Crippen LogP contribution in [0.25, 0.3) is 0 Å². The van der Waals surface area contributed by atoms with Crippen LogP contribution in [0.5, 0.6) is 0 Å². The van der Waals surface area contributed by atoms with E-state index >= 15 is 0 Å². The van der Waals surface area contributed by atoms with Crippen molar-refractivity contribution in [1.29, 1.82) is 0 Å². The van der Waals surface area contributed by atoms with Gasteiger partial charge in [-0.1, -0.05) is 78.1 Å². The molecule has 0 heterocycles. The highest BCUT2D eigenvalue weighted by atomic mass is 32.2. The van der Waals surface area contributed by atoms with E-state index in [0.29, 0.717) is 12.8 Å². The molecule has 0 aromatic carbocycles. The lowest BCUT2D eigenvalue weighted by Gasteiger charge is -2.16. The molecule has 0 aliphatic rings. The molecule has 0 rings (SSSR count). The van der Waals surface area contributed by atoms with Gasteiger partial charge in [-0.25, -0.2) is 0 Å². The Labute approximate surface area is 142 Å². The van der Waals surface area contributed by atoms with Crippen molar-refractivity contribution in [2.45, 2.75) is 96.9 Å². The average molecular weight is 350 g/mol. The highest BCUT2D eigenvalue weighted by molar-refractivity contribution is 7.85. The summed E-state index contributed by atoms with van der Waals surface area (Å²) in [6.45, 7) is 3.94. The van der Waals surface area contributed by atoms with Crippen molar-refractivity contribution in [3.05, 3.63) is 0 Å². The summed E-state index contributed by atoms with van der Waals surface area (Å²) in [5.74, 6) is -0.568. The van der Waals surface area contributed by atoms with E-state index in [-0.39, 0.29) is 5.91 Å². The van der Waals surface area contributed by atoms with Gasteiger partial charge in [-0.05, 0) is 6.42 Å². The van der Waals surface area contributed by atoms with Crippen molar-refractivity contribution in [3.8, 4) is 0 Å². The van der Waals surface area contributed by atoms with Crippen LogP contribution in [0.4, 0.5) is 0 Å². The third kappa shape index (κ3) is 16.0. The molecular formula is C17H35NO4S. The molecule has 1 unspecified atom stereocenters. The molecule has 1 atom stereocenters. The first-order chi connectivity index (χ1) is 10.9. The van der Waals surface area contributed by atoms with Crippen LogP contribution < -0.4 is 5.32 Å². The molecule has 0 spiro atoms. The smallest absolute Gasteiger partial charge is 0.266 e. The van der Waals surface area contributed by atoms with Gasteiger partial charge in [0.2, 0.25) is 5.91 Å². The van der Waals surface area contributed by atoms with Crippen LogP contribution >= 0.6 is 0 Å². The lowest BCUT2D eigenvalue weighted by atomic mass is 10.0. The molecule has 0 saturated carbocycles. The van der Waals surface area contributed by atoms with Gasteiger partial charge in [0.05, 0.1) is 5.75 Å². The third-order valence-corrected chi connectivity index (χ3v) is 4.83. The molecule has 0 fully saturated rings. The van der Waals surface area contributed by atoms with Crippen molar-refractivity contribution in [1.82, 2.24) is 5.32 Å². The lowest BCUT2D eigenvalue weighted by Crippen LogP contribution is -2.39. The zero-order chi connectivity index (χ0) is 17.6. The fraction of sp³-hybridized carbons (Fsp3) is 0.941. The highest BCUT2D eigenvalue weighted by Gasteiger charge is 2.18. The van der Waals surface area contributed by atoms with Gasteiger partial charge in [0.25, 0.3) is 10.1 Å². The number of hydrogen-bond acceptors (Lipinski definition) is 3. The molecule has 1 amide bonds. The Hall–Kier alpha value is -0.620. The summed E-state index contributed by atoms with van der Waals surface area (Å²) in [6, 6.07) is -0.480. The third-order valence-electron chi connectivity index (χ3n) is 4.00. The van der Waals surface area contributed by atoms with Crippen molar-refractivity contribution in [2.75, 3.05) is 5.75 Å². The van der Waals surface area contributed by atoms with Crippen molar-refractivity contribution >= 4 is 16.0 Å². The Balaban J connectivity index is 3.76. The molecule has 0 radical (unpaired) electrons. The zero-order valence-electron chi connectivity index (χ0n) is 14.8. The number of hydrogen-bond donors (Lipinski definition) is 2. The van der Waals surface area contributed by atoms with Crippen LogP contribution in [0, 0.1) is 0 Å². The monoisotopic (exact) mass is 349 g/mol. The van der Waals surface area contributed by atoms with Gasteiger partial charge in [-0.2, -0.15) is 8.42 Å². The molecular weight excluding hydrogens is 314 g/mol. The maximum Gasteiger partial charge on any atom is 0.266 e. The number of nitrogens with one attached hydrogen (secondary N) is 1. The summed E-state index contributed by atoms with van der Waals surface area (Å²) in [6.07, 6.45) is 13.0. The summed E-state index contributed by atoms with van der Waals surface area (Å²) in [4.78, 5) is 11.4. The van der Waals surface area contributed by atoms with Crippen LogP contribution in [0.15, 0.2) is 0 Å². The number of unbranched alkanes of at least 4 members (excludes halogenated alkanes) is 9. The maximum atomic E-state index is 11.4. The quantitative estimate of drug-likeness (QED) is 0.345. The number of amides is 1. The molecule has 6 heteroatoms. The summed E-state index contributed by atoms with van der Waals surface area (Å²) < 4.78 is 31.0. The van der Waals surface area contributed by atoms with Gasteiger partial charge in [-0.3, -0.25) is 9.35 Å². The Kier molecular flexibility index (Phi) is 13.4. The molecule has 2 N–H and O–H groups in total. The van der Waals surface area contributed by atoms with E-state index in [1.165, 1.54) is 44.9 Å². The van der Waals surface area contributed by atoms with E-state index < -0.39 is 21.9 Å². The van der Waals surface area contributed by atoms with Crippen LogP contribution in [-0.2, 0) is 14.9 Å². The minimum Gasteiger partial charge on any atom is -0.352 e. The molecule has 0 saturated heterocycles. The highest BCUT2D eigenvalue weighted by Crippen LogP contribution is 2.12. The molecule has 23 heavy (non-hydrogen) atoms. The van der Waals surface area contributed by atoms with E-state index in [4.69, 9.17) is 4.55 Å². The summed E-state index contributed by atoms with van der Waals surface area (Å²) in [5, 5.41) is 2.68. The van der Waals surface area contributed by atoms with Crippen molar-refractivity contribution < 1.29 is 17.8 Å². The Morgan fingerprint density at radius 3 is 1.83 bits per heavy atom. The normalized spacial score (nSPS) is 13.0. The second-order valence-corrected chi connectivity index (χ2v) is 7.83. The summed E-state index contributed by atoms with van der Waals surface area (Å²) in [5.41, 5.74) is 0. The van der Waals surface area contributed by atoms with Crippen LogP contribution in [0.1, 0.15) is 90.9 Å². The molecule has 0 aromatic heterocycles. The van der Waals surface area contributed by atoms with Crippen LogP contribution in [-0.4, -0.2) is 30.7 Å². The summed E-state index contributed by atoms with van der Waals surface area (Å²) in [7, 11) is -4.05. The van der Waals surface area contributed by atoms with E-state index in [9.17, 15) is 13.2 Å². The largest absolute Gasteiger partial charge is 0.352 e. The second kappa shape index (κ2) is 13.8. The van der Waals surface area contributed by atoms with E-state index in [0.717, 1.165) is 19.3 Å². The topological polar surface area (TPSA) is 83.5 Å². The summed E-state index contributed by atoms with van der Waals surface area (Å²) >= 11 is 0. The van der Waals surface area contributed by atoms with Gasteiger partial charge < -0.3 is 5.32 Å². The minimum absolute atomic E-state index is 0.175. The van der Waals surface area contributed by atoms with E-state index in [1.807, 2.05) is 0 Å². The van der Waals surface area contributed by atoms with Crippen LogP contribution in [0.3, 0.4) is 0 Å². The van der Waals surface area contributed by atoms with Gasteiger partial charge in [0, 0.05) is 12.5 Å². The first kappa shape index (κ1) is 22.4. The molecule has 138 valence electrons. The van der Waals surface area contributed by atoms with Gasteiger partial charge >= 0.3 is 0 Å². The van der Waals surface area contributed by atoms with Crippen LogP contribution in [0.2, 0.25) is 0 Å². The van der Waals surface area contributed by atoms with Crippen molar-refractivity contribution in [2.24, 2.45) is 0 Å². The first-order valence-corrected chi connectivity index (χ1v) is 10.7. The molecule has 0 aliphatic carbocycles. The minimum atomic E-state index is -4.05. The molecule has 0 aliphatic heterocycles. The van der Waals surface area contributed by atoms with E-state index in [1.54, 1.807) is 6.92 Å².